The lowest BCUT2D eigenvalue weighted by Gasteiger charge is -2.42. The second-order valence-corrected chi connectivity index (χ2v) is 9.36. The van der Waals surface area contributed by atoms with Crippen LogP contribution in [0, 0.1) is 0 Å². The van der Waals surface area contributed by atoms with Crippen molar-refractivity contribution in [2.45, 2.75) is 43.1 Å². The summed E-state index contributed by atoms with van der Waals surface area (Å²) in [5.74, 6) is -3.10. The highest BCUT2D eigenvalue weighted by molar-refractivity contribution is 7.87. The van der Waals surface area contributed by atoms with Gasteiger partial charge in [0.05, 0.1) is 11.1 Å². The quantitative estimate of drug-likeness (QED) is 0.218. The van der Waals surface area contributed by atoms with E-state index in [1.807, 2.05) is 0 Å². The first-order valence-electron chi connectivity index (χ1n) is 10.8. The molecular formula is C23H21F3O11S. The first-order chi connectivity index (χ1) is 17.8. The van der Waals surface area contributed by atoms with Crippen LogP contribution >= 0.6 is 0 Å². The predicted octanol–water partition coefficient (Wildman–Crippen LogP) is 1.95. The Morgan fingerprint density at radius 1 is 0.868 bits per heavy atom. The Bertz CT molecular complexity index is 1240. The number of esters is 3. The van der Waals surface area contributed by atoms with E-state index >= 15 is 0 Å². The molecular weight excluding hydrogens is 541 g/mol. The van der Waals surface area contributed by atoms with Gasteiger partial charge >= 0.3 is 33.5 Å². The summed E-state index contributed by atoms with van der Waals surface area (Å²) in [7, 11) is -6.35. The molecule has 0 aromatic heterocycles. The monoisotopic (exact) mass is 562 g/mol. The molecule has 1 N–H and O–H groups in total. The number of aliphatic hydroxyl groups is 1. The third-order valence-corrected chi connectivity index (χ3v) is 6.12. The second kappa shape index (κ2) is 11.9. The van der Waals surface area contributed by atoms with Gasteiger partial charge in [-0.05, 0) is 24.3 Å². The molecule has 2 aromatic rings. The van der Waals surface area contributed by atoms with Crippen molar-refractivity contribution in [1.29, 1.82) is 0 Å². The van der Waals surface area contributed by atoms with Gasteiger partial charge in [0.2, 0.25) is 0 Å². The Morgan fingerprint density at radius 2 is 1.39 bits per heavy atom. The van der Waals surface area contributed by atoms with Crippen LogP contribution in [-0.2, 0) is 38.0 Å². The van der Waals surface area contributed by atoms with Gasteiger partial charge in [-0.3, -0.25) is 8.98 Å². The molecule has 0 amide bonds. The van der Waals surface area contributed by atoms with E-state index in [0.29, 0.717) is 0 Å². The normalized spacial score (nSPS) is 23.8. The lowest BCUT2D eigenvalue weighted by Crippen LogP contribution is -2.62. The van der Waals surface area contributed by atoms with Crippen LogP contribution < -0.4 is 0 Å². The molecule has 11 nitrogen and oxygen atoms in total. The fourth-order valence-corrected chi connectivity index (χ4v) is 3.99. The van der Waals surface area contributed by atoms with Crippen molar-refractivity contribution in [3.8, 4) is 0 Å². The van der Waals surface area contributed by atoms with Gasteiger partial charge in [-0.2, -0.15) is 21.6 Å². The van der Waals surface area contributed by atoms with Crippen LogP contribution in [0.1, 0.15) is 27.6 Å². The van der Waals surface area contributed by atoms with E-state index in [9.17, 15) is 41.1 Å². The molecule has 206 valence electrons. The van der Waals surface area contributed by atoms with Gasteiger partial charge < -0.3 is 24.1 Å². The van der Waals surface area contributed by atoms with E-state index in [1.54, 1.807) is 24.3 Å². The van der Waals surface area contributed by atoms with Gasteiger partial charge in [0.25, 0.3) is 0 Å². The maximum atomic E-state index is 13.0. The zero-order valence-corrected chi connectivity index (χ0v) is 20.3. The number of halogens is 3. The summed E-state index contributed by atoms with van der Waals surface area (Å²) in [6.07, 6.45) is -10.6. The number of hydrogen-bond acceptors (Lipinski definition) is 11. The molecule has 0 radical (unpaired) electrons. The molecule has 1 aliphatic heterocycles. The molecule has 0 aliphatic carbocycles. The van der Waals surface area contributed by atoms with Crippen LogP contribution in [-0.4, -0.2) is 74.3 Å². The molecule has 15 heteroatoms. The van der Waals surface area contributed by atoms with E-state index in [1.165, 1.54) is 36.4 Å². The number of carbonyl (C=O) groups is 3. The lowest BCUT2D eigenvalue weighted by molar-refractivity contribution is -0.283. The molecule has 3 rings (SSSR count). The van der Waals surface area contributed by atoms with Gasteiger partial charge in [0, 0.05) is 6.92 Å². The zero-order chi connectivity index (χ0) is 28.1. The zero-order valence-electron chi connectivity index (χ0n) is 19.4. The number of ether oxygens (including phenoxy) is 4. The van der Waals surface area contributed by atoms with Crippen molar-refractivity contribution in [3.63, 3.8) is 0 Å². The maximum Gasteiger partial charge on any atom is 0.523 e. The molecule has 0 bridgehead atoms. The van der Waals surface area contributed by atoms with E-state index in [-0.39, 0.29) is 11.1 Å². The van der Waals surface area contributed by atoms with Crippen molar-refractivity contribution < 1.29 is 64.2 Å². The number of carbonyl (C=O) groups excluding carboxylic acids is 3. The molecule has 0 saturated carbocycles. The van der Waals surface area contributed by atoms with Crippen molar-refractivity contribution in [1.82, 2.24) is 0 Å². The summed E-state index contributed by atoms with van der Waals surface area (Å²) in [5, 5.41) is 10.4. The minimum absolute atomic E-state index is 0.109. The number of benzene rings is 2. The number of hydrogen-bond donors (Lipinski definition) is 1. The first-order valence-corrected chi connectivity index (χ1v) is 12.2. The SMILES string of the molecule is CC(=O)O[C@H]1[C@H](OC(=O)c2ccccc2)[C@H](OS(=O)(=O)C(F)(F)F)[C@H](O)O[C@@H]1COC(=O)c1ccccc1. The van der Waals surface area contributed by atoms with E-state index in [0.717, 1.165) is 6.92 Å². The molecule has 2 aromatic carbocycles. The van der Waals surface area contributed by atoms with Crippen LogP contribution in [0.3, 0.4) is 0 Å². The molecule has 0 unspecified atom stereocenters. The summed E-state index contributed by atoms with van der Waals surface area (Å²) in [6, 6.07) is 14.5. The molecule has 5 atom stereocenters. The second-order valence-electron chi connectivity index (χ2n) is 7.80. The van der Waals surface area contributed by atoms with Crippen LogP contribution in [0.15, 0.2) is 60.7 Å². The Balaban J connectivity index is 1.94. The summed E-state index contributed by atoms with van der Waals surface area (Å²) in [6.45, 7) is 0.150. The van der Waals surface area contributed by atoms with Crippen LogP contribution in [0.2, 0.25) is 0 Å². The van der Waals surface area contributed by atoms with Gasteiger partial charge in [0.15, 0.2) is 24.6 Å². The Kier molecular flexibility index (Phi) is 9.09. The predicted molar refractivity (Wildman–Crippen MR) is 119 cm³/mol. The summed E-state index contributed by atoms with van der Waals surface area (Å²) >= 11 is 0. The highest BCUT2D eigenvalue weighted by Crippen LogP contribution is 2.33. The molecule has 1 heterocycles. The maximum absolute atomic E-state index is 13.0. The Hall–Kier alpha value is -3.53. The van der Waals surface area contributed by atoms with E-state index < -0.39 is 70.8 Å². The average Bonchev–Trinajstić information content (AvgIpc) is 2.86. The van der Waals surface area contributed by atoms with E-state index in [2.05, 4.69) is 4.18 Å². The Labute approximate surface area is 214 Å². The standard InChI is InChI=1S/C23H21F3O11S/c1-13(27)34-17-16(12-33-20(28)14-8-4-2-5-9-14)35-22(30)19(37-38(31,32)23(24,25)26)18(17)36-21(29)15-10-6-3-7-11-15/h2-11,16-19,22,30H,12H2,1H3/t16-,17-,18+,19+,22-/m1/s1. The molecule has 1 fully saturated rings. The number of aliphatic hydroxyl groups excluding tert-OH is 1. The van der Waals surface area contributed by atoms with Crippen molar-refractivity contribution in [2.75, 3.05) is 6.61 Å². The highest BCUT2D eigenvalue weighted by Gasteiger charge is 2.57. The number of alkyl halides is 3. The van der Waals surface area contributed by atoms with Crippen molar-refractivity contribution in [2.24, 2.45) is 0 Å². The molecule has 38 heavy (non-hydrogen) atoms. The minimum atomic E-state index is -6.35. The van der Waals surface area contributed by atoms with Crippen molar-refractivity contribution >= 4 is 28.0 Å². The van der Waals surface area contributed by atoms with Crippen LogP contribution in [0.5, 0.6) is 0 Å². The highest BCUT2D eigenvalue weighted by atomic mass is 32.2. The van der Waals surface area contributed by atoms with E-state index in [4.69, 9.17) is 18.9 Å². The van der Waals surface area contributed by atoms with Crippen LogP contribution in [0.4, 0.5) is 13.2 Å². The third-order valence-electron chi connectivity index (χ3n) is 5.07. The number of rotatable bonds is 8. The third kappa shape index (κ3) is 7.06. The Morgan fingerprint density at radius 3 is 1.89 bits per heavy atom. The minimum Gasteiger partial charge on any atom is -0.459 e. The van der Waals surface area contributed by atoms with Crippen LogP contribution in [0.25, 0.3) is 0 Å². The lowest BCUT2D eigenvalue weighted by atomic mass is 9.98. The smallest absolute Gasteiger partial charge is 0.459 e. The van der Waals surface area contributed by atoms with Crippen molar-refractivity contribution in [3.05, 3.63) is 71.8 Å². The molecule has 1 saturated heterocycles. The summed E-state index contributed by atoms with van der Waals surface area (Å²) in [4.78, 5) is 36.9. The first kappa shape index (κ1) is 29.0. The van der Waals surface area contributed by atoms with Gasteiger partial charge in [0.1, 0.15) is 12.7 Å². The average molecular weight is 562 g/mol. The van der Waals surface area contributed by atoms with Gasteiger partial charge in [-0.15, -0.1) is 0 Å². The fraction of sp³-hybridized carbons (Fsp3) is 0.348. The summed E-state index contributed by atoms with van der Waals surface area (Å²) in [5.41, 5.74) is -5.92. The molecule has 1 aliphatic rings. The molecule has 0 spiro atoms. The van der Waals surface area contributed by atoms with Gasteiger partial charge in [-0.25, -0.2) is 9.59 Å². The summed E-state index contributed by atoms with van der Waals surface area (Å²) < 4.78 is 87.2. The topological polar surface area (TPSA) is 152 Å². The largest absolute Gasteiger partial charge is 0.523 e. The fourth-order valence-electron chi connectivity index (χ4n) is 3.38. The van der Waals surface area contributed by atoms with Gasteiger partial charge in [-0.1, -0.05) is 36.4 Å².